The molecule has 2 aromatic rings. The third-order valence-electron chi connectivity index (χ3n) is 3.58. The van der Waals surface area contributed by atoms with Gasteiger partial charge in [0.1, 0.15) is 18.1 Å². The molecule has 1 aliphatic heterocycles. The van der Waals surface area contributed by atoms with Crippen LogP contribution in [0.3, 0.4) is 0 Å². The summed E-state index contributed by atoms with van der Waals surface area (Å²) in [6.45, 7) is 0.397. The Morgan fingerprint density at radius 2 is 2.00 bits per heavy atom. The second-order valence-corrected chi connectivity index (χ2v) is 7.42. The molecule has 1 heterocycles. The second kappa shape index (κ2) is 7.02. The van der Waals surface area contributed by atoms with Crippen molar-refractivity contribution in [3.05, 3.63) is 48.5 Å². The Kier molecular flexibility index (Phi) is 4.80. The lowest BCUT2D eigenvalue weighted by Crippen LogP contribution is -2.37. The van der Waals surface area contributed by atoms with Crippen LogP contribution in [0.4, 0.5) is 11.4 Å². The van der Waals surface area contributed by atoms with E-state index in [0.29, 0.717) is 22.9 Å². The Balaban J connectivity index is 1.67. The molecule has 0 atom stereocenters. The first-order valence-corrected chi connectivity index (χ1v) is 9.50. The standard InChI is InChI=1S/C17H18N2O5S/c1-25(21,22)19-9-10-23-16-11-13(7-8-15(16)19)18-17(20)12-24-14-5-3-2-4-6-14/h2-8,11H,9-10,12H2,1H3,(H,18,20). The van der Waals surface area contributed by atoms with Gasteiger partial charge in [0.05, 0.1) is 18.5 Å². The third-order valence-corrected chi connectivity index (χ3v) is 4.76. The number of benzene rings is 2. The van der Waals surface area contributed by atoms with Gasteiger partial charge in [0.15, 0.2) is 6.61 Å². The maximum Gasteiger partial charge on any atom is 0.262 e. The molecule has 3 rings (SSSR count). The molecule has 0 unspecified atom stereocenters. The van der Waals surface area contributed by atoms with E-state index < -0.39 is 10.0 Å². The number of hydrogen-bond donors (Lipinski definition) is 1. The van der Waals surface area contributed by atoms with Crippen molar-refractivity contribution in [2.24, 2.45) is 0 Å². The quantitative estimate of drug-likeness (QED) is 0.878. The first kappa shape index (κ1) is 17.1. The monoisotopic (exact) mass is 362 g/mol. The normalized spacial score (nSPS) is 13.6. The molecule has 0 bridgehead atoms. The summed E-state index contributed by atoms with van der Waals surface area (Å²) in [5.41, 5.74) is 0.975. The van der Waals surface area contributed by atoms with E-state index >= 15 is 0 Å². The van der Waals surface area contributed by atoms with Crippen molar-refractivity contribution in [2.75, 3.05) is 35.6 Å². The fourth-order valence-electron chi connectivity index (χ4n) is 2.48. The molecule has 7 nitrogen and oxygen atoms in total. The number of hydrogen-bond acceptors (Lipinski definition) is 5. The number of sulfonamides is 1. The first-order valence-electron chi connectivity index (χ1n) is 7.66. The molecule has 132 valence electrons. The lowest BCUT2D eigenvalue weighted by atomic mass is 10.2. The Hall–Kier alpha value is -2.74. The Morgan fingerprint density at radius 1 is 1.24 bits per heavy atom. The molecule has 1 N–H and O–H groups in total. The lowest BCUT2D eigenvalue weighted by molar-refractivity contribution is -0.118. The summed E-state index contributed by atoms with van der Waals surface area (Å²) in [7, 11) is -3.37. The number of para-hydroxylation sites is 1. The van der Waals surface area contributed by atoms with E-state index in [9.17, 15) is 13.2 Å². The van der Waals surface area contributed by atoms with E-state index in [1.54, 1.807) is 30.3 Å². The molecule has 0 aliphatic carbocycles. The van der Waals surface area contributed by atoms with Gasteiger partial charge in [-0.1, -0.05) is 18.2 Å². The minimum Gasteiger partial charge on any atom is -0.489 e. The van der Waals surface area contributed by atoms with Crippen molar-refractivity contribution < 1.29 is 22.7 Å². The molecule has 1 aliphatic rings. The third kappa shape index (κ3) is 4.21. The highest BCUT2D eigenvalue weighted by atomic mass is 32.2. The van der Waals surface area contributed by atoms with Crippen molar-refractivity contribution in [3.63, 3.8) is 0 Å². The van der Waals surface area contributed by atoms with Gasteiger partial charge in [0.25, 0.3) is 5.91 Å². The zero-order chi connectivity index (χ0) is 17.9. The van der Waals surface area contributed by atoms with Crippen molar-refractivity contribution in [1.29, 1.82) is 0 Å². The van der Waals surface area contributed by atoms with Crippen LogP contribution in [-0.4, -0.2) is 40.3 Å². The SMILES string of the molecule is CS(=O)(=O)N1CCOc2cc(NC(=O)COc3ccccc3)ccc21. The Labute approximate surface area is 146 Å². The molecule has 2 aromatic carbocycles. The molecule has 1 amide bonds. The maximum absolute atomic E-state index is 12.0. The minimum absolute atomic E-state index is 0.128. The van der Waals surface area contributed by atoms with Crippen LogP contribution in [0.5, 0.6) is 11.5 Å². The van der Waals surface area contributed by atoms with Gasteiger partial charge >= 0.3 is 0 Å². The van der Waals surface area contributed by atoms with Gasteiger partial charge < -0.3 is 14.8 Å². The average Bonchev–Trinajstić information content (AvgIpc) is 2.59. The zero-order valence-corrected chi connectivity index (χ0v) is 14.5. The summed E-state index contributed by atoms with van der Waals surface area (Å²) in [5, 5.41) is 2.70. The highest BCUT2D eigenvalue weighted by Crippen LogP contribution is 2.35. The number of anilines is 2. The van der Waals surface area contributed by atoms with Gasteiger partial charge in [0, 0.05) is 11.8 Å². The predicted octanol–water partition coefficient (Wildman–Crippen LogP) is 1.86. The number of nitrogens with zero attached hydrogens (tertiary/aromatic N) is 1. The molecule has 0 radical (unpaired) electrons. The summed E-state index contributed by atoms with van der Waals surface area (Å²) in [6.07, 6.45) is 1.15. The van der Waals surface area contributed by atoms with Crippen LogP contribution >= 0.6 is 0 Å². The van der Waals surface area contributed by atoms with E-state index in [4.69, 9.17) is 9.47 Å². The van der Waals surface area contributed by atoms with E-state index in [1.165, 1.54) is 4.31 Å². The van der Waals surface area contributed by atoms with E-state index in [1.807, 2.05) is 18.2 Å². The first-order chi connectivity index (χ1) is 11.9. The van der Waals surface area contributed by atoms with Gasteiger partial charge in [-0.15, -0.1) is 0 Å². The fourth-order valence-corrected chi connectivity index (χ4v) is 3.39. The molecule has 0 spiro atoms. The van der Waals surface area contributed by atoms with Crippen LogP contribution in [0, 0.1) is 0 Å². The Morgan fingerprint density at radius 3 is 2.72 bits per heavy atom. The highest BCUT2D eigenvalue weighted by Gasteiger charge is 2.25. The number of nitrogens with one attached hydrogen (secondary N) is 1. The van der Waals surface area contributed by atoms with Crippen molar-refractivity contribution in [2.45, 2.75) is 0 Å². The minimum atomic E-state index is -3.37. The zero-order valence-electron chi connectivity index (χ0n) is 13.6. The van der Waals surface area contributed by atoms with Gasteiger partial charge in [0.2, 0.25) is 10.0 Å². The molecule has 25 heavy (non-hydrogen) atoms. The highest BCUT2D eigenvalue weighted by molar-refractivity contribution is 7.92. The summed E-state index contributed by atoms with van der Waals surface area (Å²) in [5.74, 6) is 0.702. The van der Waals surface area contributed by atoms with E-state index in [0.717, 1.165) is 6.26 Å². The molecule has 0 fully saturated rings. The number of fused-ring (bicyclic) bond motifs is 1. The number of carbonyl (C=O) groups is 1. The molecule has 0 saturated heterocycles. The molecule has 8 heteroatoms. The van der Waals surface area contributed by atoms with Crippen LogP contribution in [0.2, 0.25) is 0 Å². The molecule has 0 saturated carbocycles. The average molecular weight is 362 g/mol. The summed E-state index contributed by atoms with van der Waals surface area (Å²) in [6, 6.07) is 13.9. The summed E-state index contributed by atoms with van der Waals surface area (Å²) >= 11 is 0. The predicted molar refractivity (Wildman–Crippen MR) is 94.7 cm³/mol. The van der Waals surface area contributed by atoms with Gasteiger partial charge in [-0.3, -0.25) is 9.10 Å². The van der Waals surface area contributed by atoms with Crippen LogP contribution in [-0.2, 0) is 14.8 Å². The number of carbonyl (C=O) groups excluding carboxylic acids is 1. The van der Waals surface area contributed by atoms with Crippen molar-refractivity contribution >= 4 is 27.3 Å². The maximum atomic E-state index is 12.0. The van der Waals surface area contributed by atoms with E-state index in [-0.39, 0.29) is 25.7 Å². The molecule has 0 aromatic heterocycles. The van der Waals surface area contributed by atoms with Gasteiger partial charge in [-0.25, -0.2) is 8.42 Å². The van der Waals surface area contributed by atoms with Crippen LogP contribution in [0.25, 0.3) is 0 Å². The topological polar surface area (TPSA) is 84.9 Å². The van der Waals surface area contributed by atoms with Gasteiger partial charge in [-0.2, -0.15) is 0 Å². The fraction of sp³-hybridized carbons (Fsp3) is 0.235. The number of amides is 1. The number of rotatable bonds is 5. The van der Waals surface area contributed by atoms with Gasteiger partial charge in [-0.05, 0) is 24.3 Å². The van der Waals surface area contributed by atoms with Crippen LogP contribution in [0.15, 0.2) is 48.5 Å². The largest absolute Gasteiger partial charge is 0.489 e. The Bertz CT molecular complexity index is 868. The number of ether oxygens (including phenoxy) is 2. The van der Waals surface area contributed by atoms with Crippen molar-refractivity contribution in [1.82, 2.24) is 0 Å². The summed E-state index contributed by atoms with van der Waals surface area (Å²) in [4.78, 5) is 12.0. The van der Waals surface area contributed by atoms with Crippen molar-refractivity contribution in [3.8, 4) is 11.5 Å². The van der Waals surface area contributed by atoms with E-state index in [2.05, 4.69) is 5.32 Å². The smallest absolute Gasteiger partial charge is 0.262 e. The molecular weight excluding hydrogens is 344 g/mol. The van der Waals surface area contributed by atoms with Crippen LogP contribution in [0.1, 0.15) is 0 Å². The summed E-state index contributed by atoms with van der Waals surface area (Å²) < 4.78 is 35.8. The lowest BCUT2D eigenvalue weighted by Gasteiger charge is -2.29. The second-order valence-electron chi connectivity index (χ2n) is 5.52. The van der Waals surface area contributed by atoms with Crippen LogP contribution < -0.4 is 19.1 Å². The molecular formula is C17H18N2O5S.